The van der Waals surface area contributed by atoms with Crippen LogP contribution in [0.15, 0.2) is 24.4 Å². The number of carboxylic acids is 1. The summed E-state index contributed by atoms with van der Waals surface area (Å²) >= 11 is 0. The fourth-order valence-corrected chi connectivity index (χ4v) is 2.46. The second-order valence-corrected chi connectivity index (χ2v) is 4.59. The van der Waals surface area contributed by atoms with Crippen molar-refractivity contribution in [2.24, 2.45) is 5.92 Å². The highest BCUT2D eigenvalue weighted by Crippen LogP contribution is 2.27. The minimum absolute atomic E-state index is 0.378. The quantitative estimate of drug-likeness (QED) is 0.870. The van der Waals surface area contributed by atoms with Gasteiger partial charge in [0.1, 0.15) is 11.7 Å². The molecule has 1 aliphatic heterocycles. The summed E-state index contributed by atoms with van der Waals surface area (Å²) in [7, 11) is 0. The number of aromatic nitrogens is 2. The maximum atomic E-state index is 11.0. The lowest BCUT2D eigenvalue weighted by molar-refractivity contribution is -0.140. The molecule has 1 aliphatic rings. The molecule has 2 aromatic heterocycles. The van der Waals surface area contributed by atoms with Crippen LogP contribution in [0, 0.1) is 17.2 Å². The molecule has 1 N–H and O–H groups in total. The molecule has 1 saturated heterocycles. The van der Waals surface area contributed by atoms with Gasteiger partial charge in [-0.15, -0.1) is 0 Å². The van der Waals surface area contributed by atoms with Gasteiger partial charge >= 0.3 is 5.97 Å². The number of pyridine rings is 1. The Morgan fingerprint density at radius 3 is 3.05 bits per heavy atom. The monoisotopic (exact) mass is 256 g/mol. The van der Waals surface area contributed by atoms with Gasteiger partial charge in [-0.2, -0.15) is 5.26 Å². The van der Waals surface area contributed by atoms with Crippen LogP contribution in [0.3, 0.4) is 0 Å². The molecule has 1 unspecified atom stereocenters. The number of hydrogen-bond donors (Lipinski definition) is 1. The molecule has 0 aromatic carbocycles. The van der Waals surface area contributed by atoms with Gasteiger partial charge in [-0.3, -0.25) is 9.20 Å². The van der Waals surface area contributed by atoms with Gasteiger partial charge in [0.05, 0.1) is 5.92 Å². The molecular formula is C13H12N4O2. The highest BCUT2D eigenvalue weighted by molar-refractivity contribution is 5.72. The molecule has 3 rings (SSSR count). The molecule has 1 atom stereocenters. The van der Waals surface area contributed by atoms with Crippen LogP contribution < -0.4 is 4.90 Å². The molecule has 0 radical (unpaired) electrons. The van der Waals surface area contributed by atoms with E-state index in [4.69, 9.17) is 5.11 Å². The van der Waals surface area contributed by atoms with Gasteiger partial charge in [0.15, 0.2) is 11.5 Å². The number of hydrogen-bond acceptors (Lipinski definition) is 4. The fraction of sp³-hybridized carbons (Fsp3) is 0.308. The first-order valence-corrected chi connectivity index (χ1v) is 6.05. The largest absolute Gasteiger partial charge is 0.481 e. The highest BCUT2D eigenvalue weighted by Gasteiger charge is 2.31. The Balaban J connectivity index is 2.02. The Morgan fingerprint density at radius 2 is 2.37 bits per heavy atom. The van der Waals surface area contributed by atoms with Crippen molar-refractivity contribution in [1.82, 2.24) is 9.38 Å². The predicted octanol–water partition coefficient (Wildman–Crippen LogP) is 1.12. The van der Waals surface area contributed by atoms with Crippen molar-refractivity contribution in [1.29, 1.82) is 5.26 Å². The number of carbonyl (C=O) groups is 1. The molecule has 19 heavy (non-hydrogen) atoms. The minimum atomic E-state index is -0.787. The lowest BCUT2D eigenvalue weighted by atomic mass is 10.1. The fourth-order valence-electron chi connectivity index (χ4n) is 2.46. The number of anilines is 1. The lowest BCUT2D eigenvalue weighted by Crippen LogP contribution is -2.23. The predicted molar refractivity (Wildman–Crippen MR) is 67.9 cm³/mol. The lowest BCUT2D eigenvalue weighted by Gasteiger charge is -2.14. The van der Waals surface area contributed by atoms with E-state index in [9.17, 15) is 10.1 Å². The minimum Gasteiger partial charge on any atom is -0.481 e. The third-order valence-corrected chi connectivity index (χ3v) is 3.45. The zero-order valence-corrected chi connectivity index (χ0v) is 10.2. The van der Waals surface area contributed by atoms with E-state index in [1.54, 1.807) is 10.6 Å². The Kier molecular flexibility index (Phi) is 2.60. The number of aliphatic carboxylic acids is 1. The van der Waals surface area contributed by atoms with E-state index in [-0.39, 0.29) is 5.92 Å². The summed E-state index contributed by atoms with van der Waals surface area (Å²) in [6.07, 6.45) is 2.38. The van der Waals surface area contributed by atoms with Crippen LogP contribution in [0.4, 0.5) is 5.82 Å². The van der Waals surface area contributed by atoms with Crippen molar-refractivity contribution in [3.8, 4) is 6.07 Å². The Morgan fingerprint density at radius 1 is 1.53 bits per heavy atom. The van der Waals surface area contributed by atoms with Crippen LogP contribution in [0.2, 0.25) is 0 Å². The van der Waals surface area contributed by atoms with E-state index in [1.165, 1.54) is 0 Å². The molecule has 1 fully saturated rings. The van der Waals surface area contributed by atoms with Crippen molar-refractivity contribution in [2.75, 3.05) is 18.0 Å². The second kappa shape index (κ2) is 4.28. The normalized spacial score (nSPS) is 18.7. The molecular weight excluding hydrogens is 244 g/mol. The van der Waals surface area contributed by atoms with Crippen molar-refractivity contribution in [3.63, 3.8) is 0 Å². The maximum Gasteiger partial charge on any atom is 0.308 e. The zero-order valence-electron chi connectivity index (χ0n) is 10.2. The van der Waals surface area contributed by atoms with E-state index in [2.05, 4.69) is 11.1 Å². The number of nitriles is 1. The molecule has 0 aliphatic carbocycles. The standard InChI is InChI=1S/C13H12N4O2/c14-7-10-12(15-11-3-1-2-5-17(10)11)16-6-4-9(8-16)13(18)19/h1-3,5,9H,4,6,8H2,(H,18,19). The van der Waals surface area contributed by atoms with E-state index in [1.807, 2.05) is 23.1 Å². The summed E-state index contributed by atoms with van der Waals surface area (Å²) in [5.74, 6) is -0.585. The van der Waals surface area contributed by atoms with E-state index in [0.717, 1.165) is 0 Å². The number of rotatable bonds is 2. The molecule has 6 heteroatoms. The van der Waals surface area contributed by atoms with Gasteiger partial charge in [-0.25, -0.2) is 4.98 Å². The zero-order chi connectivity index (χ0) is 13.4. The number of fused-ring (bicyclic) bond motifs is 1. The van der Waals surface area contributed by atoms with Gasteiger partial charge in [0.25, 0.3) is 0 Å². The number of imidazole rings is 1. The molecule has 96 valence electrons. The third kappa shape index (κ3) is 1.80. The van der Waals surface area contributed by atoms with E-state index in [0.29, 0.717) is 36.7 Å². The SMILES string of the molecule is N#Cc1c(N2CCC(C(=O)O)C2)nc2ccccn12. The van der Waals surface area contributed by atoms with Crippen LogP contribution in [0.25, 0.3) is 5.65 Å². The average molecular weight is 256 g/mol. The molecule has 2 aromatic rings. The van der Waals surface area contributed by atoms with Gasteiger partial charge in [0, 0.05) is 19.3 Å². The highest BCUT2D eigenvalue weighted by atomic mass is 16.4. The summed E-state index contributed by atoms with van der Waals surface area (Å²) in [4.78, 5) is 17.3. The Labute approximate surface area is 109 Å². The van der Waals surface area contributed by atoms with Crippen LogP contribution in [-0.2, 0) is 4.79 Å². The first-order chi connectivity index (χ1) is 9.20. The van der Waals surface area contributed by atoms with Gasteiger partial charge in [0.2, 0.25) is 0 Å². The molecule has 0 spiro atoms. The molecule has 0 amide bonds. The molecule has 0 bridgehead atoms. The summed E-state index contributed by atoms with van der Waals surface area (Å²) in [6.45, 7) is 1.03. The first kappa shape index (κ1) is 11.5. The summed E-state index contributed by atoms with van der Waals surface area (Å²) in [5, 5.41) is 18.3. The van der Waals surface area contributed by atoms with Gasteiger partial charge in [-0.1, -0.05) is 6.07 Å². The Hall–Kier alpha value is -2.55. The van der Waals surface area contributed by atoms with Crippen LogP contribution >= 0.6 is 0 Å². The summed E-state index contributed by atoms with van der Waals surface area (Å²) in [6, 6.07) is 7.67. The van der Waals surface area contributed by atoms with Crippen molar-refractivity contribution in [2.45, 2.75) is 6.42 Å². The van der Waals surface area contributed by atoms with Crippen LogP contribution in [0.1, 0.15) is 12.1 Å². The Bertz CT molecular complexity index is 685. The van der Waals surface area contributed by atoms with E-state index < -0.39 is 5.97 Å². The van der Waals surface area contributed by atoms with Crippen LogP contribution in [0.5, 0.6) is 0 Å². The summed E-state index contributed by atoms with van der Waals surface area (Å²) < 4.78 is 1.73. The van der Waals surface area contributed by atoms with E-state index >= 15 is 0 Å². The summed E-state index contributed by atoms with van der Waals surface area (Å²) in [5.41, 5.74) is 1.16. The molecule has 0 saturated carbocycles. The second-order valence-electron chi connectivity index (χ2n) is 4.59. The van der Waals surface area contributed by atoms with Gasteiger partial charge in [-0.05, 0) is 18.6 Å². The first-order valence-electron chi connectivity index (χ1n) is 6.05. The van der Waals surface area contributed by atoms with Crippen molar-refractivity contribution >= 4 is 17.4 Å². The van der Waals surface area contributed by atoms with Crippen molar-refractivity contribution in [3.05, 3.63) is 30.1 Å². The topological polar surface area (TPSA) is 81.6 Å². The van der Waals surface area contributed by atoms with Crippen LogP contribution in [-0.4, -0.2) is 33.6 Å². The smallest absolute Gasteiger partial charge is 0.308 e. The van der Waals surface area contributed by atoms with Gasteiger partial charge < -0.3 is 10.0 Å². The van der Waals surface area contributed by atoms with Crippen molar-refractivity contribution < 1.29 is 9.90 Å². The number of carboxylic acid groups (broad SMARTS) is 1. The molecule has 3 heterocycles. The third-order valence-electron chi connectivity index (χ3n) is 3.45. The molecule has 6 nitrogen and oxygen atoms in total. The maximum absolute atomic E-state index is 11.0. The number of nitrogens with zero attached hydrogens (tertiary/aromatic N) is 4. The average Bonchev–Trinajstić information content (AvgIpc) is 3.02.